The third kappa shape index (κ3) is 5.94. The highest BCUT2D eigenvalue weighted by Gasteiger charge is 2.10. The number of hydrogen-bond acceptors (Lipinski definition) is 3. The molecule has 0 aliphatic heterocycles. The van der Waals surface area contributed by atoms with Crippen LogP contribution >= 0.6 is 0 Å². The van der Waals surface area contributed by atoms with Crippen LogP contribution in [0, 0.1) is 6.92 Å². The van der Waals surface area contributed by atoms with Crippen LogP contribution in [0.15, 0.2) is 73.1 Å². The number of rotatable bonds is 9. The third-order valence-electron chi connectivity index (χ3n) is 4.41. The highest BCUT2D eigenvalue weighted by Crippen LogP contribution is 2.15. The highest BCUT2D eigenvalue weighted by atomic mass is 16.5. The summed E-state index contributed by atoms with van der Waals surface area (Å²) in [6, 6.07) is 16.7. The van der Waals surface area contributed by atoms with E-state index in [1.165, 1.54) is 0 Å². The molecule has 3 rings (SSSR count). The predicted molar refractivity (Wildman–Crippen MR) is 112 cm³/mol. The number of carboxylic acid groups (broad SMARTS) is 1. The van der Waals surface area contributed by atoms with Gasteiger partial charge in [-0.15, -0.1) is 0 Å². The van der Waals surface area contributed by atoms with Crippen molar-refractivity contribution in [2.75, 3.05) is 6.61 Å². The second-order valence-electron chi connectivity index (χ2n) is 6.78. The summed E-state index contributed by atoms with van der Waals surface area (Å²) in [5.74, 6) is -0.449. The maximum absolute atomic E-state index is 12.5. The van der Waals surface area contributed by atoms with Crippen molar-refractivity contribution >= 4 is 17.8 Å². The molecule has 0 saturated heterocycles. The summed E-state index contributed by atoms with van der Waals surface area (Å²) in [5.41, 5.74) is 3.44. The number of aliphatic carboxylic acids is 1. The first-order chi connectivity index (χ1) is 14.0. The molecule has 0 spiro atoms. The van der Waals surface area contributed by atoms with E-state index in [0.717, 1.165) is 24.1 Å². The second-order valence-corrected chi connectivity index (χ2v) is 6.78. The minimum absolute atomic E-state index is 0.0254. The summed E-state index contributed by atoms with van der Waals surface area (Å²) in [7, 11) is 0. The molecule has 0 aliphatic rings. The molecule has 2 aromatic carbocycles. The van der Waals surface area contributed by atoms with E-state index in [9.17, 15) is 9.59 Å². The smallest absolute Gasteiger partial charge is 0.341 e. The van der Waals surface area contributed by atoms with E-state index in [1.807, 2.05) is 78.5 Å². The minimum atomic E-state index is -1.00. The number of ketones is 1. The largest absolute Gasteiger partial charge is 0.482 e. The summed E-state index contributed by atoms with van der Waals surface area (Å²) in [6.07, 6.45) is 8.59. The lowest BCUT2D eigenvalue weighted by Gasteiger charge is -2.04. The SMILES string of the molecule is Cc1ccc(C(=O)c2ccn(CC/C=C/c3cccc(OCC(=O)O)c3)c2)cc1. The molecule has 0 amide bonds. The summed E-state index contributed by atoms with van der Waals surface area (Å²) in [5, 5.41) is 8.67. The Morgan fingerprint density at radius 1 is 1.07 bits per heavy atom. The number of nitrogens with zero attached hydrogens (tertiary/aromatic N) is 1. The molecule has 0 atom stereocenters. The quantitative estimate of drug-likeness (QED) is 0.543. The topological polar surface area (TPSA) is 68.5 Å². The Hall–Kier alpha value is -3.60. The number of aromatic nitrogens is 1. The van der Waals surface area contributed by atoms with Gasteiger partial charge in [0.2, 0.25) is 0 Å². The van der Waals surface area contributed by atoms with E-state index in [0.29, 0.717) is 16.9 Å². The van der Waals surface area contributed by atoms with E-state index in [4.69, 9.17) is 9.84 Å². The molecule has 0 saturated carbocycles. The van der Waals surface area contributed by atoms with E-state index >= 15 is 0 Å². The lowest BCUT2D eigenvalue weighted by Crippen LogP contribution is -2.09. The van der Waals surface area contributed by atoms with Gasteiger partial charge < -0.3 is 14.4 Å². The zero-order valence-electron chi connectivity index (χ0n) is 16.2. The summed E-state index contributed by atoms with van der Waals surface area (Å²) in [6.45, 7) is 2.40. The van der Waals surface area contributed by atoms with Gasteiger partial charge in [0.15, 0.2) is 12.4 Å². The van der Waals surface area contributed by atoms with Gasteiger partial charge in [0.05, 0.1) is 0 Å². The van der Waals surface area contributed by atoms with Crippen molar-refractivity contribution in [3.8, 4) is 5.75 Å². The Morgan fingerprint density at radius 3 is 2.62 bits per heavy atom. The first kappa shape index (κ1) is 20.1. The van der Waals surface area contributed by atoms with Gasteiger partial charge in [0.1, 0.15) is 5.75 Å². The van der Waals surface area contributed by atoms with Crippen LogP contribution < -0.4 is 4.74 Å². The average molecular weight is 389 g/mol. The minimum Gasteiger partial charge on any atom is -0.482 e. The fourth-order valence-electron chi connectivity index (χ4n) is 2.88. The lowest BCUT2D eigenvalue weighted by atomic mass is 10.0. The zero-order valence-corrected chi connectivity index (χ0v) is 16.2. The maximum Gasteiger partial charge on any atom is 0.341 e. The molecular formula is C24H23NO4. The molecule has 1 N–H and O–H groups in total. The van der Waals surface area contributed by atoms with Gasteiger partial charge in [-0.05, 0) is 37.1 Å². The Bertz CT molecular complexity index is 1020. The van der Waals surface area contributed by atoms with Gasteiger partial charge >= 0.3 is 5.97 Å². The first-order valence-electron chi connectivity index (χ1n) is 9.39. The molecular weight excluding hydrogens is 366 g/mol. The molecule has 148 valence electrons. The molecule has 5 heteroatoms. The van der Waals surface area contributed by atoms with Gasteiger partial charge in [-0.1, -0.05) is 54.1 Å². The number of allylic oxidation sites excluding steroid dienone is 1. The summed E-state index contributed by atoms with van der Waals surface area (Å²) < 4.78 is 7.18. The van der Waals surface area contributed by atoms with Gasteiger partial charge in [-0.2, -0.15) is 0 Å². The maximum atomic E-state index is 12.5. The zero-order chi connectivity index (χ0) is 20.6. The van der Waals surface area contributed by atoms with Crippen LogP contribution in [0.1, 0.15) is 33.5 Å². The number of ether oxygens (including phenoxy) is 1. The van der Waals surface area contributed by atoms with E-state index in [1.54, 1.807) is 12.1 Å². The van der Waals surface area contributed by atoms with Crippen LogP contribution in [0.5, 0.6) is 5.75 Å². The Kier molecular flexibility index (Phi) is 6.63. The number of benzene rings is 2. The van der Waals surface area contributed by atoms with E-state index < -0.39 is 5.97 Å². The predicted octanol–water partition coefficient (Wildman–Crippen LogP) is 4.59. The molecule has 1 aromatic heterocycles. The van der Waals surface area contributed by atoms with E-state index in [-0.39, 0.29) is 12.4 Å². The van der Waals surface area contributed by atoms with Gasteiger partial charge in [0, 0.05) is 30.1 Å². The second kappa shape index (κ2) is 9.55. The van der Waals surface area contributed by atoms with Crippen molar-refractivity contribution in [1.29, 1.82) is 0 Å². The summed E-state index contributed by atoms with van der Waals surface area (Å²) >= 11 is 0. The van der Waals surface area contributed by atoms with Gasteiger partial charge in [0.25, 0.3) is 0 Å². The molecule has 29 heavy (non-hydrogen) atoms. The van der Waals surface area contributed by atoms with Crippen molar-refractivity contribution < 1.29 is 19.4 Å². The molecule has 0 radical (unpaired) electrons. The Morgan fingerprint density at radius 2 is 1.86 bits per heavy atom. The molecule has 1 heterocycles. The summed E-state index contributed by atoms with van der Waals surface area (Å²) in [4.78, 5) is 23.1. The molecule has 0 aliphatic carbocycles. The average Bonchev–Trinajstić information content (AvgIpc) is 3.19. The molecule has 0 fully saturated rings. The van der Waals surface area contributed by atoms with Crippen molar-refractivity contribution in [3.05, 3.63) is 95.3 Å². The van der Waals surface area contributed by atoms with Crippen molar-refractivity contribution in [1.82, 2.24) is 4.57 Å². The molecule has 5 nitrogen and oxygen atoms in total. The molecule has 0 unspecified atom stereocenters. The van der Waals surface area contributed by atoms with Crippen LogP contribution in [0.2, 0.25) is 0 Å². The first-order valence-corrected chi connectivity index (χ1v) is 9.39. The highest BCUT2D eigenvalue weighted by molar-refractivity contribution is 6.08. The number of hydrogen-bond donors (Lipinski definition) is 1. The van der Waals surface area contributed by atoms with Crippen molar-refractivity contribution in [2.24, 2.45) is 0 Å². The fraction of sp³-hybridized carbons (Fsp3) is 0.167. The number of carbonyl (C=O) groups is 2. The lowest BCUT2D eigenvalue weighted by molar-refractivity contribution is -0.139. The van der Waals surface area contributed by atoms with Crippen LogP contribution in [-0.4, -0.2) is 28.0 Å². The monoisotopic (exact) mass is 389 g/mol. The van der Waals surface area contributed by atoms with Gasteiger partial charge in [-0.25, -0.2) is 4.79 Å². The van der Waals surface area contributed by atoms with E-state index in [2.05, 4.69) is 0 Å². The van der Waals surface area contributed by atoms with Crippen molar-refractivity contribution in [2.45, 2.75) is 19.9 Å². The van der Waals surface area contributed by atoms with Gasteiger partial charge in [-0.3, -0.25) is 4.79 Å². The van der Waals surface area contributed by atoms with Crippen LogP contribution in [0.3, 0.4) is 0 Å². The number of carboxylic acids is 1. The molecule has 0 bridgehead atoms. The Labute approximate surface area is 169 Å². The fourth-order valence-corrected chi connectivity index (χ4v) is 2.88. The Balaban J connectivity index is 1.53. The van der Waals surface area contributed by atoms with Crippen LogP contribution in [0.4, 0.5) is 0 Å². The standard InChI is InChI=1S/C24H23NO4/c1-18-8-10-20(11-9-18)24(28)21-12-14-25(16-21)13-3-2-5-19-6-4-7-22(15-19)29-17-23(26)27/h2,4-12,14-16H,3,13,17H2,1H3,(H,26,27)/b5-2+. The number of aryl methyl sites for hydroxylation is 2. The van der Waals surface area contributed by atoms with Crippen molar-refractivity contribution in [3.63, 3.8) is 0 Å². The molecule has 3 aromatic rings. The van der Waals surface area contributed by atoms with Crippen LogP contribution in [-0.2, 0) is 11.3 Å². The van der Waals surface area contributed by atoms with Crippen LogP contribution in [0.25, 0.3) is 6.08 Å². The normalized spacial score (nSPS) is 10.9. The third-order valence-corrected chi connectivity index (χ3v) is 4.41. The number of carbonyl (C=O) groups excluding carboxylic acids is 1.